The van der Waals surface area contributed by atoms with E-state index >= 15 is 0 Å². The van der Waals surface area contributed by atoms with Gasteiger partial charge in [0, 0.05) is 25.0 Å². The van der Waals surface area contributed by atoms with Gasteiger partial charge in [-0.1, -0.05) is 12.1 Å². The molecule has 0 amide bonds. The van der Waals surface area contributed by atoms with E-state index < -0.39 is 6.36 Å². The first-order chi connectivity index (χ1) is 13.8. The predicted octanol–water partition coefficient (Wildman–Crippen LogP) is 2.04. The number of nitrogens with two attached hydrogens (primary N) is 1. The molecule has 0 radical (unpaired) electrons. The highest BCUT2D eigenvalue weighted by Crippen LogP contribution is 2.37. The van der Waals surface area contributed by atoms with Gasteiger partial charge in [-0.15, -0.1) is 13.2 Å². The third-order valence-electron chi connectivity index (χ3n) is 5.41. The number of aromatic nitrogens is 4. The summed E-state index contributed by atoms with van der Waals surface area (Å²) in [4.78, 5) is 27.3. The van der Waals surface area contributed by atoms with Crippen molar-refractivity contribution in [2.75, 3.05) is 24.5 Å². The largest absolute Gasteiger partial charge is 0.573 e. The standard InChI is InChI=1S/C18H19F3N6O2/c19-18(20,21)29-12-3-1-11(2-4-12)17(9-22)5-7-27(8-6-17)15-13-14(23-10-24-15)26-16(28)25-13/h1-4,10H,5-9,22H2,(H2,23,24,25,26,28). The van der Waals surface area contributed by atoms with Crippen LogP contribution >= 0.6 is 0 Å². The molecule has 4 rings (SSSR count). The van der Waals surface area contributed by atoms with Crippen molar-refractivity contribution in [1.29, 1.82) is 0 Å². The van der Waals surface area contributed by atoms with Gasteiger partial charge >= 0.3 is 12.1 Å². The van der Waals surface area contributed by atoms with Gasteiger partial charge in [-0.2, -0.15) is 0 Å². The normalized spacial score (nSPS) is 16.9. The summed E-state index contributed by atoms with van der Waals surface area (Å²) in [6, 6.07) is 5.89. The summed E-state index contributed by atoms with van der Waals surface area (Å²) in [7, 11) is 0. The summed E-state index contributed by atoms with van der Waals surface area (Å²) in [6.45, 7) is 1.61. The fourth-order valence-corrected chi connectivity index (χ4v) is 3.85. The molecule has 1 saturated heterocycles. The molecule has 0 aliphatic carbocycles. The Morgan fingerprint density at radius 3 is 2.45 bits per heavy atom. The Balaban J connectivity index is 1.54. The molecule has 154 valence electrons. The molecule has 1 aliphatic rings. The van der Waals surface area contributed by atoms with Crippen LogP contribution in [0.5, 0.6) is 5.75 Å². The van der Waals surface area contributed by atoms with E-state index in [1.807, 2.05) is 4.90 Å². The van der Waals surface area contributed by atoms with Gasteiger partial charge in [-0.3, -0.25) is 4.98 Å². The fraction of sp³-hybridized carbons (Fsp3) is 0.389. The number of halogens is 3. The zero-order chi connectivity index (χ0) is 20.6. The number of fused-ring (bicyclic) bond motifs is 1. The van der Waals surface area contributed by atoms with Crippen molar-refractivity contribution < 1.29 is 17.9 Å². The number of ether oxygens (including phenoxy) is 1. The number of alkyl halides is 3. The molecule has 1 aromatic carbocycles. The van der Waals surface area contributed by atoms with Crippen LogP contribution in [0.15, 0.2) is 35.4 Å². The highest BCUT2D eigenvalue weighted by atomic mass is 19.4. The van der Waals surface area contributed by atoms with Gasteiger partial charge in [0.1, 0.15) is 17.6 Å². The van der Waals surface area contributed by atoms with Crippen molar-refractivity contribution in [3.63, 3.8) is 0 Å². The molecule has 0 saturated carbocycles. The fourth-order valence-electron chi connectivity index (χ4n) is 3.85. The Morgan fingerprint density at radius 1 is 1.14 bits per heavy atom. The average Bonchev–Trinajstić information content (AvgIpc) is 3.07. The summed E-state index contributed by atoms with van der Waals surface area (Å²) >= 11 is 0. The second-order valence-corrected chi connectivity index (χ2v) is 7.04. The Morgan fingerprint density at radius 2 is 1.83 bits per heavy atom. The molecule has 8 nitrogen and oxygen atoms in total. The molecule has 0 atom stereocenters. The number of hydrogen-bond acceptors (Lipinski definition) is 6. The van der Waals surface area contributed by atoms with E-state index in [-0.39, 0.29) is 16.9 Å². The number of imidazole rings is 1. The third kappa shape index (κ3) is 3.77. The van der Waals surface area contributed by atoms with Crippen molar-refractivity contribution in [1.82, 2.24) is 19.9 Å². The number of aromatic amines is 2. The van der Waals surface area contributed by atoms with Crippen LogP contribution < -0.4 is 21.1 Å². The van der Waals surface area contributed by atoms with Gasteiger partial charge in [0.2, 0.25) is 0 Å². The highest BCUT2D eigenvalue weighted by Gasteiger charge is 2.36. The van der Waals surface area contributed by atoms with Crippen LogP contribution in [0.2, 0.25) is 0 Å². The summed E-state index contributed by atoms with van der Waals surface area (Å²) < 4.78 is 41.1. The van der Waals surface area contributed by atoms with Gasteiger partial charge in [-0.05, 0) is 30.5 Å². The van der Waals surface area contributed by atoms with Crippen LogP contribution in [0, 0.1) is 0 Å². The first-order valence-electron chi connectivity index (χ1n) is 9.04. The van der Waals surface area contributed by atoms with Crippen molar-refractivity contribution in [2.24, 2.45) is 5.73 Å². The number of hydrogen-bond donors (Lipinski definition) is 3. The van der Waals surface area contributed by atoms with Gasteiger partial charge in [-0.25, -0.2) is 14.8 Å². The van der Waals surface area contributed by atoms with Gasteiger partial charge < -0.3 is 20.4 Å². The van der Waals surface area contributed by atoms with E-state index in [0.717, 1.165) is 5.56 Å². The molecule has 3 heterocycles. The van der Waals surface area contributed by atoms with E-state index in [9.17, 15) is 18.0 Å². The van der Waals surface area contributed by atoms with Crippen LogP contribution in [0.3, 0.4) is 0 Å². The number of nitrogens with zero attached hydrogens (tertiary/aromatic N) is 3. The van der Waals surface area contributed by atoms with Crippen LogP contribution in [0.4, 0.5) is 19.0 Å². The number of rotatable bonds is 4. The molecule has 4 N–H and O–H groups in total. The topological polar surface area (TPSA) is 113 Å². The second-order valence-electron chi connectivity index (χ2n) is 7.04. The number of piperidine rings is 1. The number of anilines is 1. The first-order valence-corrected chi connectivity index (χ1v) is 9.04. The highest BCUT2D eigenvalue weighted by molar-refractivity contribution is 5.82. The summed E-state index contributed by atoms with van der Waals surface area (Å²) in [6.07, 6.45) is -1.96. The van der Waals surface area contributed by atoms with E-state index in [0.29, 0.717) is 49.5 Å². The Bertz CT molecular complexity index is 1050. The smallest absolute Gasteiger partial charge is 0.406 e. The number of nitrogens with one attached hydrogen (secondary N) is 2. The average molecular weight is 408 g/mol. The Labute approximate surface area is 162 Å². The van der Waals surface area contributed by atoms with Crippen molar-refractivity contribution >= 4 is 17.0 Å². The number of H-pyrrole nitrogens is 2. The SMILES string of the molecule is NCC1(c2ccc(OC(F)(F)F)cc2)CCN(c2ncnc3[nH]c(=O)[nH]c23)CC1. The predicted molar refractivity (Wildman–Crippen MR) is 99.8 cm³/mol. The van der Waals surface area contributed by atoms with Gasteiger partial charge in [0.25, 0.3) is 0 Å². The zero-order valence-electron chi connectivity index (χ0n) is 15.3. The molecule has 0 unspecified atom stereocenters. The molecule has 29 heavy (non-hydrogen) atoms. The van der Waals surface area contributed by atoms with Crippen LogP contribution in [0.25, 0.3) is 11.2 Å². The summed E-state index contributed by atoms with van der Waals surface area (Å²) in [5, 5.41) is 0. The van der Waals surface area contributed by atoms with E-state index in [1.54, 1.807) is 12.1 Å². The molecule has 2 aromatic heterocycles. The molecular formula is C18H19F3N6O2. The summed E-state index contributed by atoms with van der Waals surface area (Å²) in [5.74, 6) is 0.374. The molecule has 1 aliphatic heterocycles. The summed E-state index contributed by atoms with van der Waals surface area (Å²) in [5.41, 5.74) is 7.23. The maximum Gasteiger partial charge on any atom is 0.573 e. The Hall–Kier alpha value is -3.08. The van der Waals surface area contributed by atoms with Gasteiger partial charge in [0.05, 0.1) is 0 Å². The monoisotopic (exact) mass is 408 g/mol. The molecule has 0 bridgehead atoms. The van der Waals surface area contributed by atoms with Gasteiger partial charge in [0.15, 0.2) is 11.5 Å². The second kappa shape index (κ2) is 7.07. The molecule has 0 spiro atoms. The lowest BCUT2D eigenvalue weighted by Crippen LogP contribution is -2.47. The minimum atomic E-state index is -4.72. The molecule has 11 heteroatoms. The maximum atomic E-state index is 12.4. The Kier molecular flexibility index (Phi) is 4.69. The molecule has 3 aromatic rings. The van der Waals surface area contributed by atoms with E-state index in [1.165, 1.54) is 18.5 Å². The lowest BCUT2D eigenvalue weighted by atomic mass is 9.73. The lowest BCUT2D eigenvalue weighted by molar-refractivity contribution is -0.274. The van der Waals surface area contributed by atoms with Crippen molar-refractivity contribution in [3.05, 3.63) is 46.6 Å². The van der Waals surface area contributed by atoms with Crippen LogP contribution in [-0.4, -0.2) is 45.9 Å². The quantitative estimate of drug-likeness (QED) is 0.609. The molecular weight excluding hydrogens is 389 g/mol. The van der Waals surface area contributed by atoms with Crippen LogP contribution in [0.1, 0.15) is 18.4 Å². The maximum absolute atomic E-state index is 12.4. The minimum absolute atomic E-state index is 0.259. The minimum Gasteiger partial charge on any atom is -0.406 e. The van der Waals surface area contributed by atoms with Crippen molar-refractivity contribution in [3.8, 4) is 5.75 Å². The number of benzene rings is 1. The van der Waals surface area contributed by atoms with E-state index in [4.69, 9.17) is 5.73 Å². The third-order valence-corrected chi connectivity index (χ3v) is 5.41. The zero-order valence-corrected chi connectivity index (χ0v) is 15.3. The van der Waals surface area contributed by atoms with Crippen molar-refractivity contribution in [2.45, 2.75) is 24.6 Å². The lowest BCUT2D eigenvalue weighted by Gasteiger charge is -2.42. The van der Waals surface area contributed by atoms with Crippen LogP contribution in [-0.2, 0) is 5.41 Å². The first kappa shape index (κ1) is 19.2. The molecule has 1 fully saturated rings. The van der Waals surface area contributed by atoms with E-state index in [2.05, 4.69) is 24.7 Å².